The van der Waals surface area contributed by atoms with Gasteiger partial charge in [0.05, 0.1) is 29.1 Å². The molecule has 4 rings (SSSR count). The normalized spacial score (nSPS) is 15.5. The topological polar surface area (TPSA) is 99.7 Å². The predicted octanol–water partition coefficient (Wildman–Crippen LogP) is 3.96. The van der Waals surface area contributed by atoms with Crippen molar-refractivity contribution < 1.29 is 18.0 Å². The molecule has 1 atom stereocenters. The fraction of sp³-hybridized carbons (Fsp3) is 0.414. The number of nitrogens with zero attached hydrogens (tertiary/aromatic N) is 3. The van der Waals surface area contributed by atoms with E-state index in [4.69, 9.17) is 0 Å². The highest BCUT2D eigenvalue weighted by Crippen LogP contribution is 2.22. The van der Waals surface area contributed by atoms with Crippen molar-refractivity contribution in [3.8, 4) is 0 Å². The third-order valence-corrected chi connectivity index (χ3v) is 9.02. The van der Waals surface area contributed by atoms with Crippen LogP contribution >= 0.6 is 11.5 Å². The summed E-state index contributed by atoms with van der Waals surface area (Å²) in [6.07, 6.45) is 5.62. The molecule has 0 aliphatic carbocycles. The van der Waals surface area contributed by atoms with E-state index in [1.165, 1.54) is 17.8 Å². The van der Waals surface area contributed by atoms with Crippen molar-refractivity contribution in [1.82, 2.24) is 19.5 Å². The summed E-state index contributed by atoms with van der Waals surface area (Å²) in [6.45, 7) is 5.28. The number of piperidine rings is 1. The summed E-state index contributed by atoms with van der Waals surface area (Å²) in [6, 6.07) is 16.7. The van der Waals surface area contributed by atoms with Gasteiger partial charge in [-0.05, 0) is 61.0 Å². The number of amides is 2. The van der Waals surface area contributed by atoms with Gasteiger partial charge in [-0.15, -0.1) is 0 Å². The first-order chi connectivity index (χ1) is 18.7. The number of nitrogens with one attached hydrogen (secondary N) is 1. The Bertz CT molecular complexity index is 1320. The van der Waals surface area contributed by atoms with Crippen LogP contribution in [0.1, 0.15) is 53.7 Å². The Kier molecular flexibility index (Phi) is 9.88. The van der Waals surface area contributed by atoms with Crippen molar-refractivity contribution in [3.05, 3.63) is 82.9 Å². The van der Waals surface area contributed by atoms with Gasteiger partial charge in [0.25, 0.3) is 5.91 Å². The monoisotopic (exact) mass is 568 g/mol. The third kappa shape index (κ3) is 7.97. The summed E-state index contributed by atoms with van der Waals surface area (Å²) >= 11 is 1.27. The summed E-state index contributed by atoms with van der Waals surface area (Å²) in [5, 5.41) is 4.93. The molecular weight excluding hydrogens is 532 g/mol. The molecule has 208 valence electrons. The SMILES string of the molecule is CCN(C(=O)Cc1ccc(S(C)(=O)=O)cc1)C1CCN(CC[C@H](NC(=O)c2cnsc2)c2ccccc2)CC1. The molecule has 1 aliphatic rings. The molecule has 1 aliphatic heterocycles. The van der Waals surface area contributed by atoms with Crippen LogP contribution in [0.2, 0.25) is 0 Å². The molecule has 8 nitrogen and oxygen atoms in total. The van der Waals surface area contributed by atoms with Crippen molar-refractivity contribution in [2.45, 2.75) is 49.6 Å². The van der Waals surface area contributed by atoms with Crippen LogP contribution in [0, 0.1) is 0 Å². The van der Waals surface area contributed by atoms with E-state index in [0.29, 0.717) is 12.1 Å². The second-order valence-electron chi connectivity index (χ2n) is 9.98. The first-order valence-electron chi connectivity index (χ1n) is 13.3. The third-order valence-electron chi connectivity index (χ3n) is 7.30. The van der Waals surface area contributed by atoms with Gasteiger partial charge in [-0.3, -0.25) is 9.59 Å². The largest absolute Gasteiger partial charge is 0.345 e. The Hall–Kier alpha value is -3.08. The highest BCUT2D eigenvalue weighted by Gasteiger charge is 2.27. The predicted molar refractivity (Wildman–Crippen MR) is 153 cm³/mol. The average molecular weight is 569 g/mol. The van der Waals surface area contributed by atoms with Crippen molar-refractivity contribution in [3.63, 3.8) is 0 Å². The molecular formula is C29H36N4O4S2. The number of sulfone groups is 1. The number of benzene rings is 2. The zero-order valence-corrected chi connectivity index (χ0v) is 24.1. The number of aromatic nitrogens is 1. The number of hydrogen-bond donors (Lipinski definition) is 1. The molecule has 2 amide bonds. The maximum atomic E-state index is 13.1. The molecule has 1 fully saturated rings. The minimum atomic E-state index is -3.26. The number of carbonyl (C=O) groups is 2. The number of hydrogen-bond acceptors (Lipinski definition) is 7. The fourth-order valence-electron chi connectivity index (χ4n) is 5.10. The van der Waals surface area contributed by atoms with Gasteiger partial charge in [0.1, 0.15) is 0 Å². The number of rotatable bonds is 11. The van der Waals surface area contributed by atoms with Gasteiger partial charge in [-0.25, -0.2) is 12.8 Å². The average Bonchev–Trinajstić information content (AvgIpc) is 3.48. The summed E-state index contributed by atoms with van der Waals surface area (Å²) in [7, 11) is -3.26. The van der Waals surface area contributed by atoms with E-state index in [9.17, 15) is 18.0 Å². The van der Waals surface area contributed by atoms with Gasteiger partial charge >= 0.3 is 0 Å². The van der Waals surface area contributed by atoms with E-state index in [2.05, 4.69) is 14.6 Å². The van der Waals surface area contributed by atoms with Crippen molar-refractivity contribution in [2.24, 2.45) is 0 Å². The van der Waals surface area contributed by atoms with Crippen LogP contribution in [0.15, 0.2) is 71.1 Å². The zero-order valence-electron chi connectivity index (χ0n) is 22.5. The molecule has 10 heteroatoms. The Morgan fingerprint density at radius 1 is 1.10 bits per heavy atom. The Morgan fingerprint density at radius 2 is 1.79 bits per heavy atom. The summed E-state index contributed by atoms with van der Waals surface area (Å²) < 4.78 is 27.5. The lowest BCUT2D eigenvalue weighted by Crippen LogP contribution is -2.48. The lowest BCUT2D eigenvalue weighted by molar-refractivity contribution is -0.133. The van der Waals surface area contributed by atoms with Crippen molar-refractivity contribution >= 4 is 33.2 Å². The summed E-state index contributed by atoms with van der Waals surface area (Å²) in [5.74, 6) is -0.0443. The van der Waals surface area contributed by atoms with E-state index in [0.717, 1.165) is 50.0 Å². The standard InChI is InChI=1S/C29H36N4O4S2/c1-3-33(28(34)19-22-9-11-26(12-10-22)39(2,36)37)25-13-16-32(17-14-25)18-15-27(23-7-5-4-6-8-23)31-29(35)24-20-30-38-21-24/h4-12,20-21,25,27H,3,13-19H2,1-2H3,(H,31,35)/t27-/m0/s1. The van der Waals surface area contributed by atoms with E-state index in [-0.39, 0.29) is 35.2 Å². The Balaban J connectivity index is 1.30. The zero-order chi connectivity index (χ0) is 27.8. The highest BCUT2D eigenvalue weighted by atomic mass is 32.2. The minimum absolute atomic E-state index is 0.0674. The first kappa shape index (κ1) is 28.9. The maximum Gasteiger partial charge on any atom is 0.254 e. The molecule has 3 aromatic rings. The van der Waals surface area contributed by atoms with Crippen LogP contribution in [0.4, 0.5) is 0 Å². The number of likely N-dealkylation sites (N-methyl/N-ethyl adjacent to an activating group) is 1. The molecule has 39 heavy (non-hydrogen) atoms. The van der Waals surface area contributed by atoms with Gasteiger partial charge in [0.15, 0.2) is 9.84 Å². The fourth-order valence-corrected chi connectivity index (χ4v) is 6.25. The molecule has 2 heterocycles. The maximum absolute atomic E-state index is 13.1. The smallest absolute Gasteiger partial charge is 0.254 e. The van der Waals surface area contributed by atoms with Crippen LogP contribution < -0.4 is 5.32 Å². The molecule has 0 saturated carbocycles. The molecule has 0 spiro atoms. The molecule has 1 aromatic heterocycles. The lowest BCUT2D eigenvalue weighted by atomic mass is 9.99. The molecule has 0 unspecified atom stereocenters. The van der Waals surface area contributed by atoms with E-state index >= 15 is 0 Å². The van der Waals surface area contributed by atoms with Gasteiger partial charge < -0.3 is 15.1 Å². The van der Waals surface area contributed by atoms with Gasteiger partial charge in [0.2, 0.25) is 5.91 Å². The molecule has 1 N–H and O–H groups in total. The van der Waals surface area contributed by atoms with E-state index < -0.39 is 9.84 Å². The summed E-state index contributed by atoms with van der Waals surface area (Å²) in [4.78, 5) is 30.5. The molecule has 1 saturated heterocycles. The van der Waals surface area contributed by atoms with Gasteiger partial charge in [-0.2, -0.15) is 0 Å². The van der Waals surface area contributed by atoms with Gasteiger partial charge in [-0.1, -0.05) is 42.5 Å². The second kappa shape index (κ2) is 13.3. The van der Waals surface area contributed by atoms with E-state index in [1.54, 1.807) is 35.8 Å². The Labute approximate surface area is 235 Å². The summed E-state index contributed by atoms with van der Waals surface area (Å²) in [5.41, 5.74) is 2.48. The highest BCUT2D eigenvalue weighted by molar-refractivity contribution is 7.90. The van der Waals surface area contributed by atoms with E-state index in [1.807, 2.05) is 42.2 Å². The first-order valence-corrected chi connectivity index (χ1v) is 16.0. The minimum Gasteiger partial charge on any atom is -0.345 e. The molecule has 0 radical (unpaired) electrons. The molecule has 0 bridgehead atoms. The van der Waals surface area contributed by atoms with Crippen molar-refractivity contribution in [2.75, 3.05) is 32.4 Å². The number of carbonyl (C=O) groups excluding carboxylic acids is 2. The van der Waals surface area contributed by atoms with Gasteiger partial charge in [0, 0.05) is 43.9 Å². The van der Waals surface area contributed by atoms with Crippen LogP contribution in [0.25, 0.3) is 0 Å². The van der Waals surface area contributed by atoms with Crippen molar-refractivity contribution in [1.29, 1.82) is 0 Å². The molecule has 2 aromatic carbocycles. The van der Waals surface area contributed by atoms with Crippen LogP contribution in [-0.2, 0) is 21.1 Å². The quantitative estimate of drug-likeness (QED) is 0.376. The second-order valence-corrected chi connectivity index (χ2v) is 12.7. The van der Waals surface area contributed by atoms with Crippen LogP contribution in [0.3, 0.4) is 0 Å². The van der Waals surface area contributed by atoms with Crippen LogP contribution in [-0.4, -0.2) is 72.9 Å². The number of likely N-dealkylation sites (tertiary alicyclic amines) is 1. The lowest BCUT2D eigenvalue weighted by Gasteiger charge is -2.38. The Morgan fingerprint density at radius 3 is 2.38 bits per heavy atom. The van der Waals surface area contributed by atoms with Crippen LogP contribution in [0.5, 0.6) is 0 Å².